The van der Waals surface area contributed by atoms with E-state index in [2.05, 4.69) is 13.8 Å². The minimum Gasteiger partial charge on any atom is -0.496 e. The van der Waals surface area contributed by atoms with E-state index in [1.54, 1.807) is 0 Å². The molecule has 0 aromatic heterocycles. The molecule has 0 heterocycles. The van der Waals surface area contributed by atoms with Crippen LogP contribution in [0, 0.1) is 0 Å². The Morgan fingerprint density at radius 3 is 2.19 bits per heavy atom. The van der Waals surface area contributed by atoms with Crippen LogP contribution in [0.3, 0.4) is 0 Å². The minimum atomic E-state index is -4.41. The maximum Gasteiger partial charge on any atom is 0.419 e. The Hall–Kier alpha value is -1.97. The van der Waals surface area contributed by atoms with Gasteiger partial charge in [0.05, 0.1) is 12.7 Å². The molecular weight excluding hydrogens is 277 g/mol. The molecule has 0 saturated heterocycles. The van der Waals surface area contributed by atoms with E-state index >= 15 is 0 Å². The topological polar surface area (TPSA) is 9.23 Å². The molecule has 0 N–H and O–H groups in total. The first-order valence-corrected chi connectivity index (χ1v) is 6.68. The summed E-state index contributed by atoms with van der Waals surface area (Å²) in [6.45, 7) is 4.15. The van der Waals surface area contributed by atoms with Gasteiger partial charge in [0.1, 0.15) is 5.75 Å². The Labute approximate surface area is 122 Å². The minimum absolute atomic E-state index is 0.157. The summed E-state index contributed by atoms with van der Waals surface area (Å²) in [7, 11) is 1.25. The third-order valence-corrected chi connectivity index (χ3v) is 3.39. The molecule has 0 amide bonds. The van der Waals surface area contributed by atoms with Crippen molar-refractivity contribution in [2.75, 3.05) is 7.11 Å². The number of methoxy groups -OCH3 is 1. The fourth-order valence-electron chi connectivity index (χ4n) is 2.18. The molecule has 0 aliphatic carbocycles. The zero-order valence-electron chi connectivity index (χ0n) is 12.2. The van der Waals surface area contributed by atoms with Crippen molar-refractivity contribution in [1.29, 1.82) is 0 Å². The molecule has 0 bridgehead atoms. The highest BCUT2D eigenvalue weighted by Gasteiger charge is 2.34. The number of alkyl halides is 3. The third-order valence-electron chi connectivity index (χ3n) is 3.39. The average Bonchev–Trinajstić information content (AvgIpc) is 2.45. The van der Waals surface area contributed by atoms with Crippen molar-refractivity contribution >= 4 is 0 Å². The Kier molecular flexibility index (Phi) is 4.26. The maximum atomic E-state index is 12.9. The molecule has 21 heavy (non-hydrogen) atoms. The molecule has 0 aliphatic rings. The monoisotopic (exact) mass is 294 g/mol. The second-order valence-electron chi connectivity index (χ2n) is 5.19. The van der Waals surface area contributed by atoms with Gasteiger partial charge in [0.2, 0.25) is 0 Å². The molecule has 4 heteroatoms. The fourth-order valence-corrected chi connectivity index (χ4v) is 2.18. The first kappa shape index (κ1) is 15.4. The second kappa shape index (κ2) is 5.80. The Balaban J connectivity index is 2.48. The second-order valence-corrected chi connectivity index (χ2v) is 5.19. The molecule has 0 atom stereocenters. The molecule has 0 spiro atoms. The van der Waals surface area contributed by atoms with Gasteiger partial charge in [-0.25, -0.2) is 0 Å². The largest absolute Gasteiger partial charge is 0.496 e. The summed E-state index contributed by atoms with van der Waals surface area (Å²) in [5, 5.41) is 0. The zero-order chi connectivity index (χ0) is 15.6. The highest BCUT2D eigenvalue weighted by molar-refractivity contribution is 5.67. The predicted molar refractivity (Wildman–Crippen MR) is 77.5 cm³/mol. The van der Waals surface area contributed by atoms with Crippen molar-refractivity contribution in [1.82, 2.24) is 0 Å². The van der Waals surface area contributed by atoms with Crippen molar-refractivity contribution < 1.29 is 17.9 Å². The van der Waals surface area contributed by atoms with E-state index in [4.69, 9.17) is 4.74 Å². The van der Waals surface area contributed by atoms with Gasteiger partial charge in [-0.2, -0.15) is 13.2 Å². The van der Waals surface area contributed by atoms with Crippen LogP contribution in [0.1, 0.15) is 30.9 Å². The summed E-state index contributed by atoms with van der Waals surface area (Å²) in [6.07, 6.45) is -4.41. The van der Waals surface area contributed by atoms with Crippen LogP contribution < -0.4 is 4.74 Å². The van der Waals surface area contributed by atoms with Crippen LogP contribution in [0.2, 0.25) is 0 Å². The lowest BCUT2D eigenvalue weighted by atomic mass is 9.96. The van der Waals surface area contributed by atoms with Gasteiger partial charge >= 0.3 is 6.18 Å². The van der Waals surface area contributed by atoms with Crippen molar-refractivity contribution in [3.8, 4) is 16.9 Å². The molecule has 2 rings (SSSR count). The summed E-state index contributed by atoms with van der Waals surface area (Å²) < 4.78 is 43.5. The van der Waals surface area contributed by atoms with Crippen molar-refractivity contribution in [2.24, 2.45) is 0 Å². The first-order chi connectivity index (χ1) is 9.82. The van der Waals surface area contributed by atoms with E-state index in [0.29, 0.717) is 11.5 Å². The summed E-state index contributed by atoms with van der Waals surface area (Å²) in [5.41, 5.74) is 1.98. The van der Waals surface area contributed by atoms with Crippen molar-refractivity contribution in [2.45, 2.75) is 25.9 Å². The molecule has 2 aromatic carbocycles. The normalized spacial score (nSPS) is 11.8. The maximum absolute atomic E-state index is 12.9. The van der Waals surface area contributed by atoms with Gasteiger partial charge in [0.15, 0.2) is 0 Å². The standard InChI is InChI=1S/C17H17F3O/c1-11(2)12-5-4-6-13(9-12)14-7-8-15(17(18,19)20)16(10-14)21-3/h4-11H,1-3H3. The number of benzene rings is 2. The molecular formula is C17H17F3O. The predicted octanol–water partition coefficient (Wildman–Crippen LogP) is 5.50. The van der Waals surface area contributed by atoms with E-state index in [1.165, 1.54) is 19.2 Å². The van der Waals surface area contributed by atoms with E-state index in [9.17, 15) is 13.2 Å². The van der Waals surface area contributed by atoms with Crippen LogP contribution in [0.25, 0.3) is 11.1 Å². The molecule has 0 radical (unpaired) electrons. The van der Waals surface area contributed by atoms with Crippen molar-refractivity contribution in [3.63, 3.8) is 0 Å². The van der Waals surface area contributed by atoms with E-state index < -0.39 is 11.7 Å². The van der Waals surface area contributed by atoms with Crippen molar-refractivity contribution in [3.05, 3.63) is 53.6 Å². The summed E-state index contributed by atoms with van der Waals surface area (Å²) in [5.74, 6) is 0.205. The van der Waals surface area contributed by atoms with Crippen LogP contribution in [0.15, 0.2) is 42.5 Å². The van der Waals surface area contributed by atoms with Gasteiger partial charge in [0.25, 0.3) is 0 Å². The van der Waals surface area contributed by atoms with Gasteiger partial charge in [-0.15, -0.1) is 0 Å². The number of hydrogen-bond donors (Lipinski definition) is 0. The highest BCUT2D eigenvalue weighted by atomic mass is 19.4. The van der Waals surface area contributed by atoms with Crippen LogP contribution in [0.5, 0.6) is 5.75 Å². The summed E-state index contributed by atoms with van der Waals surface area (Å²) in [6, 6.07) is 11.8. The van der Waals surface area contributed by atoms with E-state index in [-0.39, 0.29) is 5.75 Å². The molecule has 0 saturated carbocycles. The molecule has 1 nitrogen and oxygen atoms in total. The number of halogens is 3. The molecule has 0 fully saturated rings. The SMILES string of the molecule is COc1cc(-c2cccc(C(C)C)c2)ccc1C(F)(F)F. The quantitative estimate of drug-likeness (QED) is 0.725. The van der Waals surface area contributed by atoms with Gasteiger partial charge < -0.3 is 4.74 Å². The summed E-state index contributed by atoms with van der Waals surface area (Å²) >= 11 is 0. The van der Waals surface area contributed by atoms with Gasteiger partial charge in [0, 0.05) is 0 Å². The van der Waals surface area contributed by atoms with Crippen LogP contribution in [-0.4, -0.2) is 7.11 Å². The lowest BCUT2D eigenvalue weighted by Gasteiger charge is -2.14. The van der Waals surface area contributed by atoms with Gasteiger partial charge in [-0.1, -0.05) is 44.2 Å². The lowest BCUT2D eigenvalue weighted by molar-refractivity contribution is -0.138. The fraction of sp³-hybridized carbons (Fsp3) is 0.294. The van der Waals surface area contributed by atoms with Crippen LogP contribution in [-0.2, 0) is 6.18 Å². The van der Waals surface area contributed by atoms with Gasteiger partial charge in [-0.05, 0) is 34.7 Å². The highest BCUT2D eigenvalue weighted by Crippen LogP contribution is 2.38. The molecule has 2 aromatic rings. The van der Waals surface area contributed by atoms with Crippen LogP contribution in [0.4, 0.5) is 13.2 Å². The van der Waals surface area contributed by atoms with Crippen LogP contribution >= 0.6 is 0 Å². The third kappa shape index (κ3) is 3.38. The molecule has 112 valence electrons. The number of rotatable bonds is 3. The Morgan fingerprint density at radius 1 is 0.952 bits per heavy atom. The lowest BCUT2D eigenvalue weighted by Crippen LogP contribution is -2.07. The number of hydrogen-bond acceptors (Lipinski definition) is 1. The van der Waals surface area contributed by atoms with E-state index in [1.807, 2.05) is 24.3 Å². The van der Waals surface area contributed by atoms with Gasteiger partial charge in [-0.3, -0.25) is 0 Å². The number of ether oxygens (including phenoxy) is 1. The molecule has 0 aliphatic heterocycles. The first-order valence-electron chi connectivity index (χ1n) is 6.68. The smallest absolute Gasteiger partial charge is 0.419 e. The zero-order valence-corrected chi connectivity index (χ0v) is 12.2. The Bertz CT molecular complexity index is 630. The Morgan fingerprint density at radius 2 is 1.62 bits per heavy atom. The average molecular weight is 294 g/mol. The molecule has 0 unspecified atom stereocenters. The summed E-state index contributed by atoms with van der Waals surface area (Å²) in [4.78, 5) is 0. The van der Waals surface area contributed by atoms with E-state index in [0.717, 1.165) is 17.2 Å².